The van der Waals surface area contributed by atoms with Crippen LogP contribution >= 0.6 is 28.1 Å². The van der Waals surface area contributed by atoms with Crippen molar-refractivity contribution in [1.82, 2.24) is 4.90 Å². The molecule has 2 rings (SSSR count). The summed E-state index contributed by atoms with van der Waals surface area (Å²) in [4.78, 5) is 5.29. The van der Waals surface area contributed by atoms with Crippen LogP contribution in [0, 0.1) is 0 Å². The van der Waals surface area contributed by atoms with Crippen LogP contribution in [0.1, 0.15) is 18.9 Å². The number of piperazine rings is 1. The maximum Gasteiger partial charge on any atom is 0.106 e. The van der Waals surface area contributed by atoms with Gasteiger partial charge in [0.05, 0.1) is 0 Å². The highest BCUT2D eigenvalue weighted by Crippen LogP contribution is 2.27. The fraction of sp³-hybridized carbons (Fsp3) is 0.500. The number of nitrogens with two attached hydrogens (primary N) is 1. The molecular weight excluding hydrogens is 322 g/mol. The van der Waals surface area contributed by atoms with Gasteiger partial charge in [-0.1, -0.05) is 35.1 Å². The molecule has 1 atom stereocenters. The van der Waals surface area contributed by atoms with E-state index in [0.29, 0.717) is 11.0 Å². The van der Waals surface area contributed by atoms with Gasteiger partial charge in [-0.25, -0.2) is 0 Å². The summed E-state index contributed by atoms with van der Waals surface area (Å²) in [5.74, 6) is 0. The van der Waals surface area contributed by atoms with Crippen molar-refractivity contribution < 1.29 is 0 Å². The van der Waals surface area contributed by atoms with Crippen molar-refractivity contribution in [2.24, 2.45) is 5.73 Å². The van der Waals surface area contributed by atoms with Crippen molar-refractivity contribution in [2.45, 2.75) is 19.4 Å². The van der Waals surface area contributed by atoms with Crippen LogP contribution in [0.5, 0.6) is 0 Å². The van der Waals surface area contributed by atoms with E-state index in [-0.39, 0.29) is 0 Å². The number of rotatable bonds is 3. The summed E-state index contributed by atoms with van der Waals surface area (Å²) in [5.41, 5.74) is 7.96. The van der Waals surface area contributed by atoms with Gasteiger partial charge >= 0.3 is 0 Å². The lowest BCUT2D eigenvalue weighted by atomic mass is 10.1. The number of nitrogens with zero attached hydrogens (tertiary/aromatic N) is 2. The summed E-state index contributed by atoms with van der Waals surface area (Å²) in [6.45, 7) is 5.35. The van der Waals surface area contributed by atoms with Crippen LogP contribution in [0.25, 0.3) is 0 Å². The zero-order chi connectivity index (χ0) is 14.0. The van der Waals surface area contributed by atoms with Gasteiger partial charge in [-0.05, 0) is 31.7 Å². The molecule has 0 aromatic heterocycles. The lowest BCUT2D eigenvalue weighted by molar-refractivity contribution is 0.213. The fourth-order valence-electron chi connectivity index (χ4n) is 2.58. The number of hydrogen-bond acceptors (Lipinski definition) is 3. The first-order valence-electron chi connectivity index (χ1n) is 6.57. The SMILES string of the molecule is CCC1CN(c2cc(Br)ccc2C(N)=S)CCN1C. The Balaban J connectivity index is 2.31. The molecule has 0 amide bonds. The molecule has 19 heavy (non-hydrogen) atoms. The maximum absolute atomic E-state index is 5.84. The highest BCUT2D eigenvalue weighted by atomic mass is 79.9. The largest absolute Gasteiger partial charge is 0.389 e. The van der Waals surface area contributed by atoms with Gasteiger partial charge in [0.25, 0.3) is 0 Å². The average molecular weight is 342 g/mol. The van der Waals surface area contributed by atoms with Gasteiger partial charge < -0.3 is 10.6 Å². The molecular formula is C14H20BrN3S. The Morgan fingerprint density at radius 2 is 2.21 bits per heavy atom. The Kier molecular flexibility index (Phi) is 4.81. The molecule has 5 heteroatoms. The van der Waals surface area contributed by atoms with E-state index in [1.807, 2.05) is 12.1 Å². The molecule has 0 aliphatic carbocycles. The second kappa shape index (κ2) is 6.20. The number of hydrogen-bond donors (Lipinski definition) is 1. The number of benzene rings is 1. The van der Waals surface area contributed by atoms with Crippen LogP contribution in [0.15, 0.2) is 22.7 Å². The first-order chi connectivity index (χ1) is 9.02. The van der Waals surface area contributed by atoms with Crippen molar-refractivity contribution in [3.63, 3.8) is 0 Å². The third-order valence-corrected chi connectivity index (χ3v) is 4.53. The zero-order valence-electron chi connectivity index (χ0n) is 11.4. The Bertz CT molecular complexity index is 478. The van der Waals surface area contributed by atoms with Crippen molar-refractivity contribution >= 4 is 38.8 Å². The summed E-state index contributed by atoms with van der Waals surface area (Å²) in [5, 5.41) is 0. The topological polar surface area (TPSA) is 32.5 Å². The van der Waals surface area contributed by atoms with E-state index in [0.717, 1.165) is 41.8 Å². The lowest BCUT2D eigenvalue weighted by Gasteiger charge is -2.41. The maximum atomic E-state index is 5.84. The molecule has 1 saturated heterocycles. The molecule has 0 saturated carbocycles. The Morgan fingerprint density at radius 3 is 2.84 bits per heavy atom. The quantitative estimate of drug-likeness (QED) is 0.856. The smallest absolute Gasteiger partial charge is 0.106 e. The number of halogens is 1. The van der Waals surface area contributed by atoms with Crippen molar-refractivity contribution in [3.05, 3.63) is 28.2 Å². The molecule has 0 spiro atoms. The van der Waals surface area contributed by atoms with Crippen LogP contribution in [-0.4, -0.2) is 42.6 Å². The van der Waals surface area contributed by atoms with E-state index in [1.54, 1.807) is 0 Å². The van der Waals surface area contributed by atoms with Crippen molar-refractivity contribution in [1.29, 1.82) is 0 Å². The molecule has 104 valence electrons. The summed E-state index contributed by atoms with van der Waals surface area (Å²) in [6.07, 6.45) is 1.16. The first kappa shape index (κ1) is 14.8. The molecule has 1 unspecified atom stereocenters. The number of thiocarbonyl (C=S) groups is 1. The minimum absolute atomic E-state index is 0.467. The molecule has 0 bridgehead atoms. The van der Waals surface area contributed by atoms with E-state index < -0.39 is 0 Å². The van der Waals surface area contributed by atoms with Crippen LogP contribution in [0.3, 0.4) is 0 Å². The van der Waals surface area contributed by atoms with Gasteiger partial charge in [-0.2, -0.15) is 0 Å². The van der Waals surface area contributed by atoms with Crippen LogP contribution < -0.4 is 10.6 Å². The molecule has 1 heterocycles. The van der Waals surface area contributed by atoms with Gasteiger partial charge in [0, 0.05) is 41.4 Å². The Morgan fingerprint density at radius 1 is 1.47 bits per heavy atom. The molecule has 3 nitrogen and oxygen atoms in total. The molecule has 1 aromatic carbocycles. The Labute approximate surface area is 128 Å². The van der Waals surface area contributed by atoms with E-state index in [9.17, 15) is 0 Å². The minimum Gasteiger partial charge on any atom is -0.389 e. The van der Waals surface area contributed by atoms with E-state index in [2.05, 4.69) is 45.8 Å². The fourth-order valence-corrected chi connectivity index (χ4v) is 3.10. The summed E-state index contributed by atoms with van der Waals surface area (Å²) in [7, 11) is 2.20. The predicted molar refractivity (Wildman–Crippen MR) is 89.0 cm³/mol. The van der Waals surface area contributed by atoms with Crippen LogP contribution in [0.2, 0.25) is 0 Å². The highest BCUT2D eigenvalue weighted by molar-refractivity contribution is 9.10. The lowest BCUT2D eigenvalue weighted by Crippen LogP contribution is -2.51. The van der Waals surface area contributed by atoms with Crippen LogP contribution in [0.4, 0.5) is 5.69 Å². The van der Waals surface area contributed by atoms with Crippen molar-refractivity contribution in [2.75, 3.05) is 31.6 Å². The summed E-state index contributed by atoms with van der Waals surface area (Å²) >= 11 is 8.70. The minimum atomic E-state index is 0.467. The van der Waals surface area contributed by atoms with Crippen molar-refractivity contribution in [3.8, 4) is 0 Å². The standard InChI is InChI=1S/C14H20BrN3S/c1-3-11-9-18(7-6-17(11)2)13-8-10(15)4-5-12(13)14(16)19/h4-5,8,11H,3,6-7,9H2,1-2H3,(H2,16,19). The second-order valence-electron chi connectivity index (χ2n) is 5.01. The Hall–Kier alpha value is -0.650. The normalized spacial score (nSPS) is 20.6. The zero-order valence-corrected chi connectivity index (χ0v) is 13.8. The number of anilines is 1. The van der Waals surface area contributed by atoms with Crippen LogP contribution in [-0.2, 0) is 0 Å². The molecule has 1 fully saturated rings. The summed E-state index contributed by atoms with van der Waals surface area (Å²) < 4.78 is 1.06. The van der Waals surface area contributed by atoms with E-state index >= 15 is 0 Å². The van der Waals surface area contributed by atoms with E-state index in [1.165, 1.54) is 0 Å². The highest BCUT2D eigenvalue weighted by Gasteiger charge is 2.24. The molecule has 1 aliphatic heterocycles. The molecule has 1 aromatic rings. The first-order valence-corrected chi connectivity index (χ1v) is 7.77. The van der Waals surface area contributed by atoms with Gasteiger partial charge in [-0.3, -0.25) is 4.90 Å². The second-order valence-corrected chi connectivity index (χ2v) is 6.37. The molecule has 1 aliphatic rings. The van der Waals surface area contributed by atoms with Gasteiger partial charge in [-0.15, -0.1) is 0 Å². The van der Waals surface area contributed by atoms with Gasteiger partial charge in [0.2, 0.25) is 0 Å². The monoisotopic (exact) mass is 341 g/mol. The number of likely N-dealkylation sites (N-methyl/N-ethyl adjacent to an activating group) is 1. The van der Waals surface area contributed by atoms with E-state index in [4.69, 9.17) is 18.0 Å². The third-order valence-electron chi connectivity index (χ3n) is 3.81. The molecule has 2 N–H and O–H groups in total. The van der Waals surface area contributed by atoms with Gasteiger partial charge in [0.15, 0.2) is 0 Å². The molecule has 0 radical (unpaired) electrons. The predicted octanol–water partition coefficient (Wildman–Crippen LogP) is 2.61. The third kappa shape index (κ3) is 3.27. The average Bonchev–Trinajstić information content (AvgIpc) is 2.38. The van der Waals surface area contributed by atoms with Gasteiger partial charge in [0.1, 0.15) is 4.99 Å². The summed E-state index contributed by atoms with van der Waals surface area (Å²) in [6, 6.07) is 6.70.